The Balaban J connectivity index is 1.39. The number of fused-ring (bicyclic) bond motifs is 1. The van der Waals surface area contributed by atoms with Crippen LogP contribution in [-0.4, -0.2) is 51.4 Å². The van der Waals surface area contributed by atoms with Gasteiger partial charge in [0.1, 0.15) is 12.4 Å². The Hall–Kier alpha value is -2.41. The van der Waals surface area contributed by atoms with Crippen LogP contribution >= 0.6 is 0 Å². The first-order chi connectivity index (χ1) is 13.3. The number of nitrogens with one attached hydrogen (secondary N) is 1. The molecule has 1 amide bonds. The average molecular weight is 369 g/mol. The van der Waals surface area contributed by atoms with E-state index in [1.165, 1.54) is 12.8 Å². The van der Waals surface area contributed by atoms with E-state index in [-0.39, 0.29) is 24.5 Å². The fourth-order valence-corrected chi connectivity index (χ4v) is 3.90. The van der Waals surface area contributed by atoms with Crippen molar-refractivity contribution in [2.75, 3.05) is 25.0 Å². The van der Waals surface area contributed by atoms with Crippen molar-refractivity contribution in [1.29, 1.82) is 0 Å². The SMILES string of the molecule is O=C(COC1CCCC1)N1Cc2ccnn2C[C@H](CNc2ccccn2)C1. The van der Waals surface area contributed by atoms with Crippen molar-refractivity contribution in [3.05, 3.63) is 42.4 Å². The zero-order valence-corrected chi connectivity index (χ0v) is 15.6. The van der Waals surface area contributed by atoms with E-state index in [0.717, 1.165) is 37.4 Å². The zero-order valence-electron chi connectivity index (χ0n) is 15.6. The number of nitrogens with zero attached hydrogens (tertiary/aromatic N) is 4. The van der Waals surface area contributed by atoms with Gasteiger partial charge in [-0.1, -0.05) is 18.9 Å². The predicted octanol–water partition coefficient (Wildman–Crippen LogP) is 2.31. The van der Waals surface area contributed by atoms with Crippen molar-refractivity contribution in [3.63, 3.8) is 0 Å². The Kier molecular flexibility index (Phi) is 5.67. The van der Waals surface area contributed by atoms with Gasteiger partial charge in [0.25, 0.3) is 0 Å². The van der Waals surface area contributed by atoms with Gasteiger partial charge in [0, 0.05) is 37.9 Å². The van der Waals surface area contributed by atoms with Crippen LogP contribution in [0.3, 0.4) is 0 Å². The summed E-state index contributed by atoms with van der Waals surface area (Å²) in [5.74, 6) is 1.17. The molecule has 144 valence electrons. The Morgan fingerprint density at radius 1 is 1.19 bits per heavy atom. The largest absolute Gasteiger partial charge is 0.370 e. The van der Waals surface area contributed by atoms with Crippen LogP contribution in [0.2, 0.25) is 0 Å². The number of hydrogen-bond donors (Lipinski definition) is 1. The van der Waals surface area contributed by atoms with Crippen molar-refractivity contribution in [3.8, 4) is 0 Å². The van der Waals surface area contributed by atoms with Gasteiger partial charge in [0.15, 0.2) is 0 Å². The van der Waals surface area contributed by atoms with Crippen LogP contribution in [0.5, 0.6) is 0 Å². The number of hydrogen-bond acceptors (Lipinski definition) is 5. The number of rotatable bonds is 6. The molecule has 1 saturated carbocycles. The minimum Gasteiger partial charge on any atom is -0.370 e. The number of amides is 1. The highest BCUT2D eigenvalue weighted by molar-refractivity contribution is 5.77. The molecular formula is C20H27N5O2. The van der Waals surface area contributed by atoms with Gasteiger partial charge in [-0.15, -0.1) is 0 Å². The molecule has 3 heterocycles. The van der Waals surface area contributed by atoms with Crippen LogP contribution in [0.25, 0.3) is 0 Å². The maximum absolute atomic E-state index is 12.8. The van der Waals surface area contributed by atoms with Gasteiger partial charge >= 0.3 is 0 Å². The van der Waals surface area contributed by atoms with Gasteiger partial charge in [0.05, 0.1) is 18.3 Å². The van der Waals surface area contributed by atoms with Gasteiger partial charge in [-0.25, -0.2) is 4.98 Å². The van der Waals surface area contributed by atoms with Gasteiger partial charge in [-0.3, -0.25) is 9.48 Å². The summed E-state index contributed by atoms with van der Waals surface area (Å²) >= 11 is 0. The number of ether oxygens (including phenoxy) is 1. The van der Waals surface area contributed by atoms with Crippen LogP contribution in [0.15, 0.2) is 36.7 Å². The molecule has 2 aliphatic rings. The third-order valence-electron chi connectivity index (χ3n) is 5.40. The highest BCUT2D eigenvalue weighted by atomic mass is 16.5. The molecular weight excluding hydrogens is 342 g/mol. The highest BCUT2D eigenvalue weighted by Gasteiger charge is 2.26. The second kappa shape index (κ2) is 8.52. The molecule has 0 radical (unpaired) electrons. The minimum absolute atomic E-state index is 0.0689. The molecule has 1 aliphatic heterocycles. The molecule has 0 saturated heterocycles. The maximum Gasteiger partial charge on any atom is 0.248 e. The third-order valence-corrected chi connectivity index (χ3v) is 5.40. The molecule has 7 nitrogen and oxygen atoms in total. The van der Waals surface area contributed by atoms with E-state index in [4.69, 9.17) is 4.74 Å². The molecule has 0 aromatic carbocycles. The molecule has 1 fully saturated rings. The molecule has 27 heavy (non-hydrogen) atoms. The van der Waals surface area contributed by atoms with Gasteiger partial charge < -0.3 is 15.0 Å². The van der Waals surface area contributed by atoms with E-state index in [1.54, 1.807) is 6.20 Å². The molecule has 1 N–H and O–H groups in total. The number of pyridine rings is 1. The summed E-state index contributed by atoms with van der Waals surface area (Å²) in [4.78, 5) is 19.0. The molecule has 0 bridgehead atoms. The number of carbonyl (C=O) groups excluding carboxylic acids is 1. The number of aromatic nitrogens is 3. The molecule has 4 rings (SSSR count). The van der Waals surface area contributed by atoms with Crippen LogP contribution in [0, 0.1) is 5.92 Å². The zero-order chi connectivity index (χ0) is 18.5. The molecule has 7 heteroatoms. The lowest BCUT2D eigenvalue weighted by atomic mass is 10.1. The Morgan fingerprint density at radius 3 is 2.89 bits per heavy atom. The van der Waals surface area contributed by atoms with Gasteiger partial charge in [0.2, 0.25) is 5.91 Å². The van der Waals surface area contributed by atoms with E-state index >= 15 is 0 Å². The molecule has 1 atom stereocenters. The summed E-state index contributed by atoms with van der Waals surface area (Å²) in [5, 5.41) is 7.81. The fourth-order valence-electron chi connectivity index (χ4n) is 3.90. The summed E-state index contributed by atoms with van der Waals surface area (Å²) in [5.41, 5.74) is 1.07. The normalized spacial score (nSPS) is 20.3. The summed E-state index contributed by atoms with van der Waals surface area (Å²) in [7, 11) is 0. The first-order valence-corrected chi connectivity index (χ1v) is 9.83. The maximum atomic E-state index is 12.8. The first-order valence-electron chi connectivity index (χ1n) is 9.83. The summed E-state index contributed by atoms with van der Waals surface area (Å²) in [6, 6.07) is 7.81. The number of anilines is 1. The van der Waals surface area contributed by atoms with Crippen LogP contribution in [0.4, 0.5) is 5.82 Å². The number of carbonyl (C=O) groups is 1. The molecule has 2 aromatic rings. The van der Waals surface area contributed by atoms with Crippen molar-refractivity contribution in [2.45, 2.75) is 44.9 Å². The lowest BCUT2D eigenvalue weighted by Crippen LogP contribution is -2.38. The predicted molar refractivity (Wildman–Crippen MR) is 102 cm³/mol. The minimum atomic E-state index is 0.0689. The van der Waals surface area contributed by atoms with Gasteiger partial charge in [-0.05, 0) is 31.0 Å². The summed E-state index contributed by atoms with van der Waals surface area (Å²) < 4.78 is 7.86. The van der Waals surface area contributed by atoms with E-state index in [9.17, 15) is 4.79 Å². The van der Waals surface area contributed by atoms with E-state index < -0.39 is 0 Å². The monoisotopic (exact) mass is 369 g/mol. The second-order valence-electron chi connectivity index (χ2n) is 7.46. The standard InChI is InChI=1S/C20H27N5O2/c26-20(15-27-18-5-1-2-6-18)24-12-16(11-22-19-7-3-4-9-21-19)13-25-17(14-24)8-10-23-25/h3-4,7-10,16,18H,1-2,5-6,11-15H2,(H,21,22)/t16-/m1/s1. The lowest BCUT2D eigenvalue weighted by molar-refractivity contribution is -0.139. The topological polar surface area (TPSA) is 72.3 Å². The average Bonchev–Trinajstić information content (AvgIpc) is 3.34. The Morgan fingerprint density at radius 2 is 2.07 bits per heavy atom. The smallest absolute Gasteiger partial charge is 0.248 e. The fraction of sp³-hybridized carbons (Fsp3) is 0.550. The first kappa shape index (κ1) is 18.0. The molecule has 2 aromatic heterocycles. The third kappa shape index (κ3) is 4.66. The van der Waals surface area contributed by atoms with Gasteiger partial charge in [-0.2, -0.15) is 5.10 Å². The summed E-state index contributed by atoms with van der Waals surface area (Å²) in [6.45, 7) is 2.99. The lowest BCUT2D eigenvalue weighted by Gasteiger charge is -2.25. The van der Waals surface area contributed by atoms with Crippen molar-refractivity contribution >= 4 is 11.7 Å². The van der Waals surface area contributed by atoms with E-state index in [0.29, 0.717) is 13.1 Å². The molecule has 0 spiro atoms. The van der Waals surface area contributed by atoms with Crippen molar-refractivity contribution in [2.24, 2.45) is 5.92 Å². The Bertz CT molecular complexity index is 742. The van der Waals surface area contributed by atoms with Crippen LogP contribution in [-0.2, 0) is 22.6 Å². The van der Waals surface area contributed by atoms with E-state index in [2.05, 4.69) is 15.4 Å². The van der Waals surface area contributed by atoms with E-state index in [1.807, 2.05) is 40.0 Å². The van der Waals surface area contributed by atoms with Crippen molar-refractivity contribution in [1.82, 2.24) is 19.7 Å². The highest BCUT2D eigenvalue weighted by Crippen LogP contribution is 2.21. The van der Waals surface area contributed by atoms with Crippen LogP contribution < -0.4 is 5.32 Å². The Labute approximate surface area is 159 Å². The summed E-state index contributed by atoms with van der Waals surface area (Å²) in [6.07, 6.45) is 8.42. The quantitative estimate of drug-likeness (QED) is 0.846. The molecule has 1 aliphatic carbocycles. The van der Waals surface area contributed by atoms with Crippen LogP contribution in [0.1, 0.15) is 31.4 Å². The molecule has 0 unspecified atom stereocenters. The second-order valence-corrected chi connectivity index (χ2v) is 7.46. The van der Waals surface area contributed by atoms with Crippen molar-refractivity contribution < 1.29 is 9.53 Å².